The Hall–Kier alpha value is -1.71. The predicted octanol–water partition coefficient (Wildman–Crippen LogP) is 1.65. The van der Waals surface area contributed by atoms with Gasteiger partial charge in [0.2, 0.25) is 0 Å². The van der Waals surface area contributed by atoms with Crippen molar-refractivity contribution < 1.29 is 9.53 Å². The van der Waals surface area contributed by atoms with E-state index in [0.29, 0.717) is 0 Å². The van der Waals surface area contributed by atoms with Crippen molar-refractivity contribution in [3.05, 3.63) is 23.8 Å². The molecule has 1 amide bonds. The van der Waals surface area contributed by atoms with Crippen LogP contribution >= 0.6 is 0 Å². The van der Waals surface area contributed by atoms with Crippen molar-refractivity contribution in [3.63, 3.8) is 0 Å². The van der Waals surface area contributed by atoms with Gasteiger partial charge in [-0.15, -0.1) is 0 Å². The molecule has 0 saturated carbocycles. The summed E-state index contributed by atoms with van der Waals surface area (Å²) in [6.07, 6.45) is 2.77. The van der Waals surface area contributed by atoms with E-state index in [2.05, 4.69) is 11.4 Å². The molecule has 0 aromatic heterocycles. The number of fused-ring (bicyclic) bond motifs is 1. The highest BCUT2D eigenvalue weighted by atomic mass is 16.5. The third-order valence-electron chi connectivity index (χ3n) is 3.68. The largest absolute Gasteiger partial charge is 0.480 e. The number of aryl methyl sites for hydroxylation is 1. The van der Waals surface area contributed by atoms with Gasteiger partial charge >= 0.3 is 0 Å². The normalized spacial score (nSPS) is 22.6. The van der Waals surface area contributed by atoms with E-state index in [1.807, 2.05) is 19.2 Å². The molecule has 1 aromatic carbocycles. The summed E-state index contributed by atoms with van der Waals surface area (Å²) in [5, 5.41) is 3.37. The molecule has 96 valence electrons. The van der Waals surface area contributed by atoms with Gasteiger partial charge < -0.3 is 15.0 Å². The molecule has 1 saturated heterocycles. The van der Waals surface area contributed by atoms with E-state index in [1.54, 1.807) is 4.90 Å². The Balaban J connectivity index is 1.75. The van der Waals surface area contributed by atoms with Gasteiger partial charge in [-0.2, -0.15) is 0 Å². The first-order valence-corrected chi connectivity index (χ1v) is 6.52. The fourth-order valence-electron chi connectivity index (χ4n) is 2.58. The molecule has 18 heavy (non-hydrogen) atoms. The lowest BCUT2D eigenvalue weighted by molar-refractivity contribution is -0.132. The molecule has 0 aliphatic carbocycles. The second kappa shape index (κ2) is 4.52. The smallest absolute Gasteiger partial charge is 0.263 e. The molecular formula is C14H18N2O2. The maximum atomic E-state index is 11.8. The van der Waals surface area contributed by atoms with Gasteiger partial charge in [0.05, 0.1) is 0 Å². The summed E-state index contributed by atoms with van der Waals surface area (Å²) < 4.78 is 5.79. The highest BCUT2D eigenvalue weighted by Crippen LogP contribution is 2.28. The summed E-state index contributed by atoms with van der Waals surface area (Å²) in [6, 6.07) is 6.08. The third kappa shape index (κ3) is 2.03. The average Bonchev–Trinajstić information content (AvgIpc) is 2.71. The standard InChI is InChI=1S/C14H18N2O2/c1-16-8-6-13(14(16)17)18-11-5-4-10-3-2-7-15-12(10)9-11/h4-5,9,13,15H,2-3,6-8H2,1H3. The molecular weight excluding hydrogens is 228 g/mol. The van der Waals surface area contributed by atoms with Crippen molar-refractivity contribution in [2.24, 2.45) is 0 Å². The molecule has 4 nitrogen and oxygen atoms in total. The van der Waals surface area contributed by atoms with Crippen molar-refractivity contribution >= 4 is 11.6 Å². The number of anilines is 1. The Kier molecular flexibility index (Phi) is 2.86. The first-order chi connectivity index (χ1) is 8.74. The Morgan fingerprint density at radius 2 is 2.33 bits per heavy atom. The van der Waals surface area contributed by atoms with Crippen LogP contribution in [-0.4, -0.2) is 37.0 Å². The van der Waals surface area contributed by atoms with E-state index >= 15 is 0 Å². The van der Waals surface area contributed by atoms with E-state index in [0.717, 1.165) is 37.4 Å². The van der Waals surface area contributed by atoms with Crippen LogP contribution in [0.5, 0.6) is 5.75 Å². The molecule has 0 spiro atoms. The van der Waals surface area contributed by atoms with Crippen molar-refractivity contribution in [1.82, 2.24) is 4.90 Å². The number of likely N-dealkylation sites (tertiary alicyclic amines) is 1. The number of carbonyl (C=O) groups excluding carboxylic acids is 1. The second-order valence-electron chi connectivity index (χ2n) is 5.00. The summed E-state index contributed by atoms with van der Waals surface area (Å²) in [5.74, 6) is 0.873. The molecule has 2 heterocycles. The number of benzene rings is 1. The van der Waals surface area contributed by atoms with E-state index < -0.39 is 0 Å². The molecule has 2 aliphatic heterocycles. The van der Waals surface area contributed by atoms with Crippen molar-refractivity contribution in [3.8, 4) is 5.75 Å². The predicted molar refractivity (Wildman–Crippen MR) is 69.9 cm³/mol. The lowest BCUT2D eigenvalue weighted by Crippen LogP contribution is -2.29. The summed E-state index contributed by atoms with van der Waals surface area (Å²) in [6.45, 7) is 1.80. The molecule has 4 heteroatoms. The number of rotatable bonds is 2. The number of hydrogen-bond donors (Lipinski definition) is 1. The summed E-state index contributed by atoms with van der Waals surface area (Å²) in [7, 11) is 1.82. The molecule has 1 atom stereocenters. The number of hydrogen-bond acceptors (Lipinski definition) is 3. The van der Waals surface area contributed by atoms with Gasteiger partial charge in [-0.3, -0.25) is 4.79 Å². The summed E-state index contributed by atoms with van der Waals surface area (Å²) >= 11 is 0. The molecule has 1 N–H and O–H groups in total. The number of ether oxygens (including phenoxy) is 1. The lowest BCUT2D eigenvalue weighted by atomic mass is 10.0. The fourth-order valence-corrected chi connectivity index (χ4v) is 2.58. The van der Waals surface area contributed by atoms with E-state index in [1.165, 1.54) is 12.0 Å². The van der Waals surface area contributed by atoms with Gasteiger partial charge in [0.15, 0.2) is 6.10 Å². The fraction of sp³-hybridized carbons (Fsp3) is 0.500. The Labute approximate surface area is 107 Å². The van der Waals surface area contributed by atoms with Gasteiger partial charge in [-0.25, -0.2) is 0 Å². The van der Waals surface area contributed by atoms with Gasteiger partial charge in [0.1, 0.15) is 5.75 Å². The molecule has 2 aliphatic rings. The zero-order valence-corrected chi connectivity index (χ0v) is 10.6. The van der Waals surface area contributed by atoms with Crippen LogP contribution in [0.4, 0.5) is 5.69 Å². The molecule has 1 unspecified atom stereocenters. The number of carbonyl (C=O) groups is 1. The maximum absolute atomic E-state index is 11.8. The summed E-state index contributed by atoms with van der Waals surface area (Å²) in [4.78, 5) is 13.5. The Morgan fingerprint density at radius 1 is 1.44 bits per heavy atom. The Bertz CT molecular complexity index is 473. The van der Waals surface area contributed by atoms with Crippen molar-refractivity contribution in [1.29, 1.82) is 0 Å². The van der Waals surface area contributed by atoms with Gasteiger partial charge in [0, 0.05) is 38.3 Å². The number of likely N-dealkylation sites (N-methyl/N-ethyl adjacent to an activating group) is 1. The number of amides is 1. The first kappa shape index (κ1) is 11.4. The van der Waals surface area contributed by atoms with Crippen LogP contribution in [0.25, 0.3) is 0 Å². The quantitative estimate of drug-likeness (QED) is 0.862. The maximum Gasteiger partial charge on any atom is 0.263 e. The number of nitrogens with zero attached hydrogens (tertiary/aromatic N) is 1. The van der Waals surface area contributed by atoms with Crippen molar-refractivity contribution in [2.45, 2.75) is 25.4 Å². The third-order valence-corrected chi connectivity index (χ3v) is 3.68. The van der Waals surface area contributed by atoms with Crippen LogP contribution < -0.4 is 10.1 Å². The zero-order chi connectivity index (χ0) is 12.5. The topological polar surface area (TPSA) is 41.6 Å². The van der Waals surface area contributed by atoms with Crippen LogP contribution in [0, 0.1) is 0 Å². The minimum atomic E-state index is -0.309. The van der Waals surface area contributed by atoms with Crippen LogP contribution in [0.2, 0.25) is 0 Å². The minimum Gasteiger partial charge on any atom is -0.480 e. The van der Waals surface area contributed by atoms with E-state index in [-0.39, 0.29) is 12.0 Å². The average molecular weight is 246 g/mol. The molecule has 3 rings (SSSR count). The van der Waals surface area contributed by atoms with Crippen molar-refractivity contribution in [2.75, 3.05) is 25.5 Å². The van der Waals surface area contributed by atoms with Gasteiger partial charge in [0.25, 0.3) is 5.91 Å². The molecule has 1 aromatic rings. The zero-order valence-electron chi connectivity index (χ0n) is 10.6. The highest BCUT2D eigenvalue weighted by Gasteiger charge is 2.30. The van der Waals surface area contributed by atoms with Crippen LogP contribution in [0.3, 0.4) is 0 Å². The second-order valence-corrected chi connectivity index (χ2v) is 5.00. The monoisotopic (exact) mass is 246 g/mol. The molecule has 0 radical (unpaired) electrons. The Morgan fingerprint density at radius 3 is 3.11 bits per heavy atom. The highest BCUT2D eigenvalue weighted by molar-refractivity contribution is 5.83. The molecule has 1 fully saturated rings. The van der Waals surface area contributed by atoms with E-state index in [4.69, 9.17) is 4.74 Å². The van der Waals surface area contributed by atoms with E-state index in [9.17, 15) is 4.79 Å². The number of nitrogens with one attached hydrogen (secondary N) is 1. The SMILES string of the molecule is CN1CCC(Oc2ccc3c(c2)NCCC3)C1=O. The summed E-state index contributed by atoms with van der Waals surface area (Å²) in [5.41, 5.74) is 2.49. The van der Waals surface area contributed by atoms with Crippen LogP contribution in [0.1, 0.15) is 18.4 Å². The van der Waals surface area contributed by atoms with Crippen LogP contribution in [-0.2, 0) is 11.2 Å². The minimum absolute atomic E-state index is 0.0840. The van der Waals surface area contributed by atoms with Crippen LogP contribution in [0.15, 0.2) is 18.2 Å². The molecule has 0 bridgehead atoms. The lowest BCUT2D eigenvalue weighted by Gasteiger charge is -2.20. The van der Waals surface area contributed by atoms with Gasteiger partial charge in [-0.1, -0.05) is 6.07 Å². The van der Waals surface area contributed by atoms with Gasteiger partial charge in [-0.05, 0) is 24.5 Å². The first-order valence-electron chi connectivity index (χ1n) is 6.52.